The van der Waals surface area contributed by atoms with Gasteiger partial charge in [-0.05, 0) is 93.3 Å². The number of ether oxygens (including phenoxy) is 1. The van der Waals surface area contributed by atoms with E-state index in [1.54, 1.807) is 18.1 Å². The fourth-order valence-electron chi connectivity index (χ4n) is 10.7. The van der Waals surface area contributed by atoms with Crippen LogP contribution >= 0.6 is 0 Å². The van der Waals surface area contributed by atoms with Crippen molar-refractivity contribution in [1.29, 1.82) is 0 Å². The lowest BCUT2D eigenvalue weighted by atomic mass is 9.52. The molecule has 1 amide bonds. The molecule has 0 aromatic heterocycles. The molecule has 0 N–H and O–H groups in total. The second kappa shape index (κ2) is 9.72. The number of rotatable bonds is 3. The lowest BCUT2D eigenvalue weighted by Gasteiger charge is -2.52. The van der Waals surface area contributed by atoms with Gasteiger partial charge in [0.1, 0.15) is 5.78 Å². The van der Waals surface area contributed by atoms with Crippen molar-refractivity contribution in [3.05, 3.63) is 11.1 Å². The Hall–Kier alpha value is -1.20. The molecule has 0 bridgehead atoms. The summed E-state index contributed by atoms with van der Waals surface area (Å²) in [6, 6.07) is 0.462. The molecule has 1 unspecified atom stereocenters. The van der Waals surface area contributed by atoms with E-state index in [2.05, 4.69) is 32.6 Å². The summed E-state index contributed by atoms with van der Waals surface area (Å²) in [5.41, 5.74) is 3.74. The van der Waals surface area contributed by atoms with Gasteiger partial charge in [-0.3, -0.25) is 14.5 Å². The van der Waals surface area contributed by atoms with Gasteiger partial charge in [0.05, 0.1) is 11.7 Å². The van der Waals surface area contributed by atoms with Crippen LogP contribution in [0.2, 0.25) is 0 Å². The van der Waals surface area contributed by atoms with Crippen molar-refractivity contribution in [1.82, 2.24) is 9.80 Å². The summed E-state index contributed by atoms with van der Waals surface area (Å²) >= 11 is 0. The van der Waals surface area contributed by atoms with Gasteiger partial charge in [-0.2, -0.15) is 0 Å². The van der Waals surface area contributed by atoms with Crippen molar-refractivity contribution < 1.29 is 14.3 Å². The maximum Gasteiger partial charge on any atom is 0.219 e. The third-order valence-corrected chi connectivity index (χ3v) is 12.9. The van der Waals surface area contributed by atoms with Crippen LogP contribution in [0.1, 0.15) is 98.8 Å². The van der Waals surface area contributed by atoms with E-state index in [0.29, 0.717) is 41.1 Å². The number of amides is 1. The Labute approximate surface area is 231 Å². The largest absolute Gasteiger partial charge is 0.369 e. The van der Waals surface area contributed by atoms with E-state index in [0.717, 1.165) is 69.5 Å². The number of likely N-dealkylation sites (tertiary alicyclic amines) is 1. The molecule has 6 rings (SSSR count). The quantitative estimate of drug-likeness (QED) is 0.433. The van der Waals surface area contributed by atoms with Gasteiger partial charge in [0, 0.05) is 58.4 Å². The van der Waals surface area contributed by atoms with Crippen molar-refractivity contribution in [2.45, 2.75) is 117 Å². The fraction of sp³-hybridized carbons (Fsp3) is 0.879. The number of Topliss-reactive ketones (excluding diaryl/α,β-unsaturated/α-hetero) is 1. The first kappa shape index (κ1) is 27.0. The molecular weight excluding hydrogens is 472 g/mol. The van der Waals surface area contributed by atoms with Gasteiger partial charge in [-0.15, -0.1) is 0 Å². The highest BCUT2D eigenvalue weighted by atomic mass is 16.5. The average molecular weight is 525 g/mol. The van der Waals surface area contributed by atoms with Gasteiger partial charge in [0.15, 0.2) is 0 Å². The third kappa shape index (κ3) is 4.24. The Bertz CT molecular complexity index is 1010. The van der Waals surface area contributed by atoms with Crippen LogP contribution in [0.5, 0.6) is 0 Å². The highest BCUT2D eigenvalue weighted by Gasteiger charge is 2.60. The van der Waals surface area contributed by atoms with Crippen LogP contribution in [0, 0.1) is 40.9 Å². The number of allylic oxidation sites excluding steroid dienone is 1. The SMILES string of the molecule is CC(=O)N(C)CCN1C[C@@H](C)C[C@H]2O[C@]3(CC[C@@H]4C(=C(C)C3)C[C@H]3[C@H]4CC[C@@H]4CC(=O)CC[C@@]43C)[C@H](C)C21. The van der Waals surface area contributed by atoms with Gasteiger partial charge in [0.25, 0.3) is 0 Å². The van der Waals surface area contributed by atoms with Crippen LogP contribution < -0.4 is 0 Å². The number of likely N-dealkylation sites (N-methyl/N-ethyl adjacent to an activating group) is 1. The number of carbonyl (C=O) groups is 2. The number of hydrogen-bond acceptors (Lipinski definition) is 4. The van der Waals surface area contributed by atoms with Gasteiger partial charge in [0.2, 0.25) is 5.91 Å². The van der Waals surface area contributed by atoms with E-state index in [-0.39, 0.29) is 11.5 Å². The minimum Gasteiger partial charge on any atom is -0.369 e. The van der Waals surface area contributed by atoms with Gasteiger partial charge < -0.3 is 9.64 Å². The highest BCUT2D eigenvalue weighted by molar-refractivity contribution is 5.79. The van der Waals surface area contributed by atoms with Crippen molar-refractivity contribution in [3.8, 4) is 0 Å². The van der Waals surface area contributed by atoms with Crippen molar-refractivity contribution in [3.63, 3.8) is 0 Å². The van der Waals surface area contributed by atoms with E-state index >= 15 is 0 Å². The second-order valence-corrected chi connectivity index (χ2v) is 14.9. The van der Waals surface area contributed by atoms with E-state index in [9.17, 15) is 9.59 Å². The molecule has 4 aliphatic carbocycles. The molecular formula is C33H52N2O3. The van der Waals surface area contributed by atoms with Crippen LogP contribution in [-0.2, 0) is 14.3 Å². The van der Waals surface area contributed by atoms with Gasteiger partial charge >= 0.3 is 0 Å². The number of piperidine rings is 1. The molecule has 2 heterocycles. The molecule has 0 aromatic carbocycles. The van der Waals surface area contributed by atoms with Gasteiger partial charge in [-0.1, -0.05) is 31.9 Å². The number of nitrogens with zero attached hydrogens (tertiary/aromatic N) is 2. The molecule has 38 heavy (non-hydrogen) atoms. The lowest BCUT2D eigenvalue weighted by Crippen LogP contribution is -2.53. The molecule has 2 saturated heterocycles. The highest BCUT2D eigenvalue weighted by Crippen LogP contribution is 2.65. The molecule has 0 radical (unpaired) electrons. The first-order chi connectivity index (χ1) is 18.0. The third-order valence-electron chi connectivity index (χ3n) is 12.9. The van der Waals surface area contributed by atoms with E-state index in [1.807, 2.05) is 11.9 Å². The van der Waals surface area contributed by atoms with Crippen LogP contribution in [0.3, 0.4) is 0 Å². The molecule has 10 atom stereocenters. The Kier molecular flexibility index (Phi) is 6.90. The minimum absolute atomic E-state index is 0.0423. The zero-order valence-corrected chi connectivity index (χ0v) is 24.9. The second-order valence-electron chi connectivity index (χ2n) is 14.9. The number of ketones is 1. The Balaban J connectivity index is 1.23. The Morgan fingerprint density at radius 2 is 1.95 bits per heavy atom. The molecule has 5 nitrogen and oxygen atoms in total. The molecule has 6 aliphatic rings. The van der Waals surface area contributed by atoms with E-state index in [1.165, 1.54) is 32.1 Å². The molecule has 212 valence electrons. The zero-order valence-electron chi connectivity index (χ0n) is 24.9. The molecule has 2 aliphatic heterocycles. The van der Waals surface area contributed by atoms with Crippen LogP contribution in [-0.4, -0.2) is 65.9 Å². The number of hydrogen-bond donors (Lipinski definition) is 0. The summed E-state index contributed by atoms with van der Waals surface area (Å²) in [5.74, 6) is 4.73. The van der Waals surface area contributed by atoms with Gasteiger partial charge in [-0.25, -0.2) is 0 Å². The predicted octanol–water partition coefficient (Wildman–Crippen LogP) is 5.87. The average Bonchev–Trinajstić information content (AvgIpc) is 3.32. The van der Waals surface area contributed by atoms with Crippen molar-refractivity contribution >= 4 is 11.7 Å². The Morgan fingerprint density at radius 1 is 1.16 bits per heavy atom. The summed E-state index contributed by atoms with van der Waals surface area (Å²) in [7, 11) is 1.93. The topological polar surface area (TPSA) is 49.9 Å². The smallest absolute Gasteiger partial charge is 0.219 e. The molecule has 1 spiro atoms. The molecule has 0 aromatic rings. The predicted molar refractivity (Wildman–Crippen MR) is 151 cm³/mol. The standard InChI is InChI=1S/C33H52N2O3/c1-20-15-30-31(35(19-20)14-13-34(6)23(4)36)22(3)33(38-30)12-10-26-27-8-7-24-16-25(37)9-11-32(24,5)29(27)17-28(26)21(2)18-33/h20,22,24,26-27,29-31H,7-19H2,1-6H3/t20-,22+,24+,26-,27-,29-,30+,31?,32-,33-/m0/s1. The molecule has 3 saturated carbocycles. The monoisotopic (exact) mass is 524 g/mol. The summed E-state index contributed by atoms with van der Waals surface area (Å²) in [6.07, 6.45) is 11.7. The number of fused-ring (bicyclic) bond motifs is 6. The summed E-state index contributed by atoms with van der Waals surface area (Å²) in [5, 5.41) is 0. The number of carbonyl (C=O) groups excluding carboxylic acids is 2. The molecule has 5 fully saturated rings. The fourth-order valence-corrected chi connectivity index (χ4v) is 10.7. The normalized spacial score (nSPS) is 46.8. The zero-order chi connectivity index (χ0) is 27.0. The van der Waals surface area contributed by atoms with Crippen LogP contribution in [0.25, 0.3) is 0 Å². The summed E-state index contributed by atoms with van der Waals surface area (Å²) < 4.78 is 7.24. The van der Waals surface area contributed by atoms with Crippen molar-refractivity contribution in [2.75, 3.05) is 26.7 Å². The summed E-state index contributed by atoms with van der Waals surface area (Å²) in [6.45, 7) is 14.4. The molecule has 5 heteroatoms. The van der Waals surface area contributed by atoms with E-state index in [4.69, 9.17) is 4.74 Å². The van der Waals surface area contributed by atoms with Crippen molar-refractivity contribution in [2.24, 2.45) is 40.9 Å². The lowest BCUT2D eigenvalue weighted by molar-refractivity contribution is -0.130. The van der Waals surface area contributed by atoms with E-state index < -0.39 is 0 Å². The maximum atomic E-state index is 12.3. The maximum absolute atomic E-state index is 12.3. The Morgan fingerprint density at radius 3 is 2.71 bits per heavy atom. The minimum atomic E-state index is -0.0423. The van der Waals surface area contributed by atoms with Crippen LogP contribution in [0.4, 0.5) is 0 Å². The first-order valence-corrected chi connectivity index (χ1v) is 15.9. The first-order valence-electron chi connectivity index (χ1n) is 15.9. The van der Waals surface area contributed by atoms with Crippen LogP contribution in [0.15, 0.2) is 11.1 Å². The summed E-state index contributed by atoms with van der Waals surface area (Å²) in [4.78, 5) is 28.7.